The number of aryl methyl sites for hydroxylation is 1. The largest absolute Gasteiger partial charge is 0.506 e. The quantitative estimate of drug-likeness (QED) is 0.603. The van der Waals surface area contributed by atoms with Gasteiger partial charge >= 0.3 is 0 Å². The van der Waals surface area contributed by atoms with Crippen molar-refractivity contribution in [2.75, 3.05) is 4.72 Å². The molecule has 13 heavy (non-hydrogen) atoms. The molecular formula is C7H10N2O3S. The molecule has 6 heteroatoms. The first-order valence-electron chi connectivity index (χ1n) is 3.48. The van der Waals surface area contributed by atoms with E-state index in [1.807, 2.05) is 4.72 Å². The van der Waals surface area contributed by atoms with Gasteiger partial charge in [-0.1, -0.05) is 6.07 Å². The van der Waals surface area contributed by atoms with Crippen LogP contribution >= 0.6 is 0 Å². The third-order valence-corrected chi connectivity index (χ3v) is 1.91. The van der Waals surface area contributed by atoms with E-state index in [-0.39, 0.29) is 11.4 Å². The number of anilines is 1. The minimum absolute atomic E-state index is 0.0856. The number of nitrogens with one attached hydrogen (secondary N) is 1. The lowest BCUT2D eigenvalue weighted by Gasteiger charge is -2.06. The molecule has 0 aliphatic carbocycles. The van der Waals surface area contributed by atoms with E-state index < -0.39 is 10.2 Å². The molecule has 0 radical (unpaired) electrons. The Hall–Kier alpha value is -1.27. The summed E-state index contributed by atoms with van der Waals surface area (Å²) < 4.78 is 23.2. The summed E-state index contributed by atoms with van der Waals surface area (Å²) in [6, 6.07) is 4.53. The van der Waals surface area contributed by atoms with Crippen LogP contribution in [0.2, 0.25) is 0 Å². The predicted molar refractivity (Wildman–Crippen MR) is 49.6 cm³/mol. The van der Waals surface area contributed by atoms with E-state index in [9.17, 15) is 13.5 Å². The van der Waals surface area contributed by atoms with Crippen molar-refractivity contribution < 1.29 is 13.5 Å². The molecule has 72 valence electrons. The summed E-state index contributed by atoms with van der Waals surface area (Å²) in [5.74, 6) is -0.153. The third kappa shape index (κ3) is 2.92. The first-order valence-corrected chi connectivity index (χ1v) is 5.03. The zero-order valence-corrected chi connectivity index (χ0v) is 7.80. The molecular weight excluding hydrogens is 192 g/mol. The van der Waals surface area contributed by atoms with Gasteiger partial charge in [0.2, 0.25) is 0 Å². The molecule has 0 unspecified atom stereocenters. The maximum Gasteiger partial charge on any atom is 0.296 e. The molecule has 1 aromatic rings. The lowest BCUT2D eigenvalue weighted by Crippen LogP contribution is -2.21. The van der Waals surface area contributed by atoms with Gasteiger partial charge in [-0.15, -0.1) is 0 Å². The predicted octanol–water partition coefficient (Wildman–Crippen LogP) is 0.316. The van der Waals surface area contributed by atoms with Crippen molar-refractivity contribution in [1.29, 1.82) is 0 Å². The van der Waals surface area contributed by atoms with Crippen LogP contribution in [0.3, 0.4) is 0 Å². The van der Waals surface area contributed by atoms with Crippen molar-refractivity contribution in [2.45, 2.75) is 6.92 Å². The van der Waals surface area contributed by atoms with Crippen molar-refractivity contribution in [3.63, 3.8) is 0 Å². The molecule has 0 spiro atoms. The number of aromatic hydroxyl groups is 1. The summed E-state index contributed by atoms with van der Waals surface area (Å²) in [5, 5.41) is 14.0. The van der Waals surface area contributed by atoms with E-state index in [0.717, 1.165) is 5.56 Å². The summed E-state index contributed by atoms with van der Waals surface area (Å²) in [5.41, 5.74) is 0.909. The van der Waals surface area contributed by atoms with Gasteiger partial charge in [0.15, 0.2) is 0 Å². The molecule has 0 amide bonds. The van der Waals surface area contributed by atoms with Crippen LogP contribution in [0.4, 0.5) is 5.69 Å². The number of phenolic OH excluding ortho intramolecular Hbond substituents is 1. The smallest absolute Gasteiger partial charge is 0.296 e. The number of phenols is 1. The highest BCUT2D eigenvalue weighted by atomic mass is 32.2. The second kappa shape index (κ2) is 3.23. The monoisotopic (exact) mass is 202 g/mol. The van der Waals surface area contributed by atoms with Gasteiger partial charge < -0.3 is 5.11 Å². The van der Waals surface area contributed by atoms with Crippen LogP contribution in [0.5, 0.6) is 5.75 Å². The summed E-state index contributed by atoms with van der Waals surface area (Å²) in [7, 11) is -3.83. The Morgan fingerprint density at radius 3 is 2.62 bits per heavy atom. The van der Waals surface area contributed by atoms with E-state index in [1.165, 1.54) is 12.1 Å². The molecule has 0 aliphatic rings. The van der Waals surface area contributed by atoms with Crippen LogP contribution in [0.1, 0.15) is 5.56 Å². The Labute approximate surface area is 76.4 Å². The number of nitrogens with two attached hydrogens (primary N) is 1. The second-order valence-corrected chi connectivity index (χ2v) is 3.96. The summed E-state index contributed by atoms with van der Waals surface area (Å²) >= 11 is 0. The van der Waals surface area contributed by atoms with Crippen LogP contribution in [0.15, 0.2) is 18.2 Å². The lowest BCUT2D eigenvalue weighted by molar-refractivity contribution is 0.477. The van der Waals surface area contributed by atoms with Gasteiger partial charge in [0.25, 0.3) is 10.2 Å². The number of rotatable bonds is 2. The molecule has 1 aromatic carbocycles. The van der Waals surface area contributed by atoms with Crippen molar-refractivity contribution in [1.82, 2.24) is 0 Å². The first kappa shape index (κ1) is 9.82. The zero-order valence-electron chi connectivity index (χ0n) is 6.98. The van der Waals surface area contributed by atoms with Gasteiger partial charge in [-0.2, -0.15) is 8.42 Å². The highest BCUT2D eigenvalue weighted by molar-refractivity contribution is 7.90. The number of hydrogen-bond donors (Lipinski definition) is 3. The normalized spacial score (nSPS) is 11.2. The molecule has 0 saturated heterocycles. The molecule has 4 N–H and O–H groups in total. The van der Waals surface area contributed by atoms with Gasteiger partial charge in [0.05, 0.1) is 5.69 Å². The molecule has 0 aliphatic heterocycles. The Morgan fingerprint density at radius 2 is 2.08 bits per heavy atom. The van der Waals surface area contributed by atoms with Gasteiger partial charge in [-0.25, -0.2) is 5.14 Å². The van der Waals surface area contributed by atoms with Gasteiger partial charge in [-0.05, 0) is 24.6 Å². The average molecular weight is 202 g/mol. The minimum Gasteiger partial charge on any atom is -0.506 e. The summed E-state index contributed by atoms with van der Waals surface area (Å²) in [6.07, 6.45) is 0. The van der Waals surface area contributed by atoms with E-state index in [0.29, 0.717) is 0 Å². The fourth-order valence-electron chi connectivity index (χ4n) is 0.885. The van der Waals surface area contributed by atoms with Crippen LogP contribution in [-0.2, 0) is 10.2 Å². The van der Waals surface area contributed by atoms with Crippen molar-refractivity contribution in [3.8, 4) is 5.75 Å². The summed E-state index contributed by atoms with van der Waals surface area (Å²) in [6.45, 7) is 1.77. The molecule has 0 saturated carbocycles. The highest BCUT2D eigenvalue weighted by Gasteiger charge is 2.06. The van der Waals surface area contributed by atoms with E-state index in [1.54, 1.807) is 13.0 Å². The summed E-state index contributed by atoms with van der Waals surface area (Å²) in [4.78, 5) is 0. The molecule has 0 aromatic heterocycles. The van der Waals surface area contributed by atoms with Crippen molar-refractivity contribution in [3.05, 3.63) is 23.8 Å². The fourth-order valence-corrected chi connectivity index (χ4v) is 1.35. The average Bonchev–Trinajstić information content (AvgIpc) is 1.94. The number of benzene rings is 1. The molecule has 0 fully saturated rings. The Bertz CT molecular complexity index is 414. The zero-order chi connectivity index (χ0) is 10.1. The van der Waals surface area contributed by atoms with Crippen LogP contribution in [0.25, 0.3) is 0 Å². The van der Waals surface area contributed by atoms with E-state index in [4.69, 9.17) is 5.14 Å². The molecule has 0 bridgehead atoms. The third-order valence-electron chi connectivity index (χ3n) is 1.40. The van der Waals surface area contributed by atoms with Crippen molar-refractivity contribution in [2.24, 2.45) is 5.14 Å². The topological polar surface area (TPSA) is 92.4 Å². The fraction of sp³-hybridized carbons (Fsp3) is 0.143. The standard InChI is InChI=1S/C7H10N2O3S/c1-5-2-3-7(10)6(4-5)9-13(8,11)12/h2-4,9-10H,1H3,(H2,8,11,12). The van der Waals surface area contributed by atoms with E-state index >= 15 is 0 Å². The van der Waals surface area contributed by atoms with Crippen molar-refractivity contribution >= 4 is 15.9 Å². The molecule has 1 rings (SSSR count). The highest BCUT2D eigenvalue weighted by Crippen LogP contribution is 2.23. The number of hydrogen-bond acceptors (Lipinski definition) is 3. The lowest BCUT2D eigenvalue weighted by atomic mass is 10.2. The minimum atomic E-state index is -3.83. The first-order chi connectivity index (χ1) is 5.88. The van der Waals surface area contributed by atoms with Gasteiger partial charge in [0.1, 0.15) is 5.75 Å². The maximum absolute atomic E-state index is 10.6. The van der Waals surface area contributed by atoms with Crippen LogP contribution < -0.4 is 9.86 Å². The van der Waals surface area contributed by atoms with Gasteiger partial charge in [-0.3, -0.25) is 4.72 Å². The Kier molecular flexibility index (Phi) is 2.44. The van der Waals surface area contributed by atoms with Crippen LogP contribution in [0, 0.1) is 6.92 Å². The molecule has 0 heterocycles. The van der Waals surface area contributed by atoms with E-state index in [2.05, 4.69) is 0 Å². The second-order valence-electron chi connectivity index (χ2n) is 2.67. The maximum atomic E-state index is 10.6. The molecule has 5 nitrogen and oxygen atoms in total. The SMILES string of the molecule is Cc1ccc(O)c(NS(N)(=O)=O)c1. The van der Waals surface area contributed by atoms with Crippen LogP contribution in [-0.4, -0.2) is 13.5 Å². The Morgan fingerprint density at radius 1 is 1.46 bits per heavy atom. The molecule has 0 atom stereocenters. The Balaban J connectivity index is 3.08. The van der Waals surface area contributed by atoms with Gasteiger partial charge in [0, 0.05) is 0 Å².